The van der Waals surface area contributed by atoms with E-state index in [9.17, 15) is 4.79 Å². The van der Waals surface area contributed by atoms with Crippen LogP contribution >= 0.6 is 0 Å². The summed E-state index contributed by atoms with van der Waals surface area (Å²) in [6.07, 6.45) is 4.79. The molecule has 0 unspecified atom stereocenters. The molecule has 1 aliphatic carbocycles. The van der Waals surface area contributed by atoms with Gasteiger partial charge >= 0.3 is 6.16 Å². The van der Waals surface area contributed by atoms with Crippen molar-refractivity contribution in [3.05, 3.63) is 35.4 Å². The minimum Gasteiger partial charge on any atom is -0.438 e. The molecular weight excluding hydrogens is 352 g/mol. The highest BCUT2D eigenvalue weighted by Gasteiger charge is 2.61. The third-order valence-corrected chi connectivity index (χ3v) is 6.04. The molecule has 148 valence electrons. The Kier molecular flexibility index (Phi) is 5.11. The Morgan fingerprint density at radius 3 is 2.67 bits per heavy atom. The van der Waals surface area contributed by atoms with Gasteiger partial charge < -0.3 is 18.9 Å². The average Bonchev–Trinajstić information content (AvgIpc) is 2.98. The van der Waals surface area contributed by atoms with E-state index < -0.39 is 23.8 Å². The van der Waals surface area contributed by atoms with Crippen molar-refractivity contribution in [1.82, 2.24) is 0 Å². The Morgan fingerprint density at radius 1 is 1.11 bits per heavy atom. The molecular formula is C20H26O7. The first kappa shape index (κ1) is 18.7. The Morgan fingerprint density at radius 2 is 1.93 bits per heavy atom. The molecule has 2 bridgehead atoms. The van der Waals surface area contributed by atoms with E-state index >= 15 is 0 Å². The summed E-state index contributed by atoms with van der Waals surface area (Å²) < 4.78 is 21.5. The minimum absolute atomic E-state index is 0.143. The van der Waals surface area contributed by atoms with Gasteiger partial charge in [0.1, 0.15) is 6.61 Å². The molecule has 1 aromatic rings. The lowest BCUT2D eigenvalue weighted by Crippen LogP contribution is -2.59. The van der Waals surface area contributed by atoms with Crippen LogP contribution in [-0.2, 0) is 41.1 Å². The van der Waals surface area contributed by atoms with Gasteiger partial charge in [-0.25, -0.2) is 9.68 Å². The van der Waals surface area contributed by atoms with Crippen molar-refractivity contribution in [2.45, 2.75) is 62.8 Å². The van der Waals surface area contributed by atoms with Crippen molar-refractivity contribution in [1.29, 1.82) is 0 Å². The van der Waals surface area contributed by atoms with Gasteiger partial charge in [0.2, 0.25) is 5.79 Å². The highest BCUT2D eigenvalue weighted by molar-refractivity contribution is 5.59. The monoisotopic (exact) mass is 378 g/mol. The second kappa shape index (κ2) is 7.39. The average molecular weight is 378 g/mol. The first-order valence-electron chi connectivity index (χ1n) is 9.49. The largest absolute Gasteiger partial charge is 0.508 e. The Bertz CT molecular complexity index is 671. The van der Waals surface area contributed by atoms with Crippen LogP contribution in [0.4, 0.5) is 4.79 Å². The maximum Gasteiger partial charge on any atom is 0.508 e. The van der Waals surface area contributed by atoms with Crippen molar-refractivity contribution in [2.24, 2.45) is 5.92 Å². The van der Waals surface area contributed by atoms with Crippen LogP contribution in [0.15, 0.2) is 24.3 Å². The molecule has 4 fully saturated rings. The summed E-state index contributed by atoms with van der Waals surface area (Å²) in [5.41, 5.74) is 1.19. The van der Waals surface area contributed by atoms with Crippen LogP contribution in [0.3, 0.4) is 0 Å². The highest BCUT2D eigenvalue weighted by atomic mass is 17.3. The molecule has 1 saturated carbocycles. The molecule has 3 saturated heterocycles. The first-order valence-corrected chi connectivity index (χ1v) is 9.49. The van der Waals surface area contributed by atoms with Gasteiger partial charge in [-0.15, -0.1) is 0 Å². The van der Waals surface area contributed by atoms with Gasteiger partial charge in [-0.1, -0.05) is 37.1 Å². The Hall–Kier alpha value is -1.67. The normalized spacial score (nSPS) is 35.2. The van der Waals surface area contributed by atoms with Gasteiger partial charge in [-0.3, -0.25) is 0 Å². The summed E-state index contributed by atoms with van der Waals surface area (Å²) in [4.78, 5) is 23.1. The molecule has 3 aliphatic heterocycles. The van der Waals surface area contributed by atoms with Gasteiger partial charge in [-0.2, -0.15) is 4.89 Å². The fourth-order valence-corrected chi connectivity index (χ4v) is 4.55. The number of fused-ring (bicyclic) bond motifs is 3. The lowest BCUT2D eigenvalue weighted by molar-refractivity contribution is -0.558. The van der Waals surface area contributed by atoms with E-state index in [4.69, 9.17) is 24.0 Å². The number of carbonyl (C=O) groups is 1. The van der Waals surface area contributed by atoms with E-state index in [0.29, 0.717) is 12.3 Å². The maximum absolute atomic E-state index is 11.1. The number of hydrogen-bond acceptors (Lipinski definition) is 7. The SMILES string of the molecule is COC(=O)OCc1ccc([C@]23CC[C@H]4CCCC[C@@]4(OO2)[C@H](OC)O3)cc1. The third kappa shape index (κ3) is 3.23. The summed E-state index contributed by atoms with van der Waals surface area (Å²) in [6, 6.07) is 7.59. The van der Waals surface area contributed by atoms with Crippen molar-refractivity contribution < 1.29 is 33.5 Å². The fourth-order valence-electron chi connectivity index (χ4n) is 4.55. The van der Waals surface area contributed by atoms with Gasteiger partial charge in [0.15, 0.2) is 11.9 Å². The molecule has 0 amide bonds. The van der Waals surface area contributed by atoms with E-state index in [1.165, 1.54) is 13.5 Å². The zero-order chi connectivity index (χ0) is 18.9. The Balaban J connectivity index is 1.55. The number of carbonyl (C=O) groups excluding carboxylic acids is 1. The zero-order valence-corrected chi connectivity index (χ0v) is 15.8. The number of hydrogen-bond donors (Lipinski definition) is 0. The summed E-state index contributed by atoms with van der Waals surface area (Å²) in [5, 5.41) is 0. The molecule has 1 spiro atoms. The number of benzene rings is 1. The van der Waals surface area contributed by atoms with Crippen LogP contribution in [-0.4, -0.2) is 32.3 Å². The van der Waals surface area contributed by atoms with E-state index in [1.807, 2.05) is 24.3 Å². The molecule has 7 heteroatoms. The van der Waals surface area contributed by atoms with Crippen LogP contribution in [0.1, 0.15) is 49.7 Å². The van der Waals surface area contributed by atoms with E-state index in [-0.39, 0.29) is 6.61 Å². The van der Waals surface area contributed by atoms with Crippen LogP contribution in [0.2, 0.25) is 0 Å². The van der Waals surface area contributed by atoms with Crippen molar-refractivity contribution in [3.63, 3.8) is 0 Å². The lowest BCUT2D eigenvalue weighted by atomic mass is 9.73. The van der Waals surface area contributed by atoms with E-state index in [0.717, 1.165) is 36.8 Å². The predicted molar refractivity (Wildman–Crippen MR) is 93.3 cm³/mol. The van der Waals surface area contributed by atoms with Crippen molar-refractivity contribution in [3.8, 4) is 0 Å². The quantitative estimate of drug-likeness (QED) is 0.583. The van der Waals surface area contributed by atoms with Gasteiger partial charge in [0.05, 0.1) is 7.11 Å². The fraction of sp³-hybridized carbons (Fsp3) is 0.650. The molecule has 4 atom stereocenters. The van der Waals surface area contributed by atoms with Crippen LogP contribution in [0.5, 0.6) is 0 Å². The molecule has 7 nitrogen and oxygen atoms in total. The third-order valence-electron chi connectivity index (χ3n) is 6.04. The maximum atomic E-state index is 11.1. The lowest BCUT2D eigenvalue weighted by Gasteiger charge is -2.49. The second-order valence-electron chi connectivity index (χ2n) is 7.48. The van der Waals surface area contributed by atoms with E-state index in [2.05, 4.69) is 4.74 Å². The first-order chi connectivity index (χ1) is 13.1. The summed E-state index contributed by atoms with van der Waals surface area (Å²) in [6.45, 7) is 0.143. The van der Waals surface area contributed by atoms with Crippen LogP contribution < -0.4 is 0 Å². The molecule has 0 radical (unpaired) electrons. The zero-order valence-electron chi connectivity index (χ0n) is 15.8. The number of rotatable bonds is 4. The molecule has 3 heterocycles. The van der Waals surface area contributed by atoms with Gasteiger partial charge in [-0.05, 0) is 30.7 Å². The Labute approximate surface area is 158 Å². The van der Waals surface area contributed by atoms with Crippen molar-refractivity contribution >= 4 is 6.16 Å². The van der Waals surface area contributed by atoms with Crippen molar-refractivity contribution in [2.75, 3.05) is 14.2 Å². The molecule has 27 heavy (non-hydrogen) atoms. The molecule has 5 rings (SSSR count). The predicted octanol–water partition coefficient (Wildman–Crippen LogP) is 3.80. The van der Waals surface area contributed by atoms with Gasteiger partial charge in [0.25, 0.3) is 0 Å². The van der Waals surface area contributed by atoms with Crippen LogP contribution in [0, 0.1) is 5.92 Å². The molecule has 1 aromatic carbocycles. The summed E-state index contributed by atoms with van der Waals surface area (Å²) in [7, 11) is 2.95. The number of methoxy groups -OCH3 is 2. The van der Waals surface area contributed by atoms with E-state index in [1.54, 1.807) is 7.11 Å². The molecule has 0 aromatic heterocycles. The summed E-state index contributed by atoms with van der Waals surface area (Å²) >= 11 is 0. The summed E-state index contributed by atoms with van der Waals surface area (Å²) in [5.74, 6) is -0.612. The molecule has 0 N–H and O–H groups in total. The smallest absolute Gasteiger partial charge is 0.438 e. The molecule has 4 aliphatic rings. The highest BCUT2D eigenvalue weighted by Crippen LogP contribution is 2.55. The topological polar surface area (TPSA) is 72.5 Å². The number of ether oxygens (including phenoxy) is 4. The minimum atomic E-state index is -0.981. The standard InChI is InChI=1S/C20H26O7/c1-22-17-19-11-4-3-5-15(19)10-12-20(25-17,27-26-19)16-8-6-14(7-9-16)13-24-18(21)23-2/h6-9,15,17H,3-5,10-13H2,1-2H3/t15-,17-,19+,20+/m1/s1. The van der Waals surface area contributed by atoms with Gasteiger partial charge in [0, 0.05) is 19.1 Å². The second-order valence-corrected chi connectivity index (χ2v) is 7.48. The van der Waals surface area contributed by atoms with Crippen LogP contribution in [0.25, 0.3) is 0 Å².